The van der Waals surface area contributed by atoms with Gasteiger partial charge >= 0.3 is 0 Å². The van der Waals surface area contributed by atoms with Gasteiger partial charge < -0.3 is 9.47 Å². The number of rotatable bonds is 3. The average molecular weight is 293 g/mol. The predicted octanol–water partition coefficient (Wildman–Crippen LogP) is 2.43. The van der Waals surface area contributed by atoms with Gasteiger partial charge in [0, 0.05) is 29.2 Å². The topological polar surface area (TPSA) is 38.8 Å². The number of ketones is 1. The van der Waals surface area contributed by atoms with Crippen molar-refractivity contribution >= 4 is 17.5 Å². The summed E-state index contributed by atoms with van der Waals surface area (Å²) < 4.78 is 10.8. The third-order valence-electron chi connectivity index (χ3n) is 3.57. The van der Waals surface area contributed by atoms with Crippen LogP contribution in [0.15, 0.2) is 18.2 Å². The number of benzene rings is 1. The van der Waals surface area contributed by atoms with E-state index in [9.17, 15) is 4.79 Å². The number of nitrogens with zero attached hydrogens (tertiary/aromatic N) is 1. The van der Waals surface area contributed by atoms with Crippen LogP contribution in [0.3, 0.4) is 0 Å². The number of Topliss-reactive ketones (excluding diaryl/α,β-unsaturated/α-hetero) is 1. The molecule has 2 heterocycles. The Morgan fingerprint density at radius 3 is 2.95 bits per heavy atom. The summed E-state index contributed by atoms with van der Waals surface area (Å²) in [5.74, 6) is 2.62. The first-order valence-electron chi connectivity index (χ1n) is 6.83. The van der Waals surface area contributed by atoms with Crippen LogP contribution in [0.5, 0.6) is 11.5 Å². The maximum atomic E-state index is 12.4. The van der Waals surface area contributed by atoms with Crippen LogP contribution >= 0.6 is 11.8 Å². The summed E-state index contributed by atoms with van der Waals surface area (Å²) in [6.07, 6.45) is 0. The Morgan fingerprint density at radius 2 is 2.15 bits per heavy atom. The highest BCUT2D eigenvalue weighted by Crippen LogP contribution is 2.33. The zero-order valence-electron chi connectivity index (χ0n) is 11.8. The van der Waals surface area contributed by atoms with Gasteiger partial charge in [-0.25, -0.2) is 0 Å². The number of ether oxygens (including phenoxy) is 2. The van der Waals surface area contributed by atoms with E-state index >= 15 is 0 Å². The van der Waals surface area contributed by atoms with Gasteiger partial charge in [-0.05, 0) is 32.0 Å². The Hall–Kier alpha value is -1.20. The Kier molecular flexibility index (Phi) is 3.65. The van der Waals surface area contributed by atoms with Gasteiger partial charge in [0.2, 0.25) is 6.79 Å². The predicted molar refractivity (Wildman–Crippen MR) is 79.9 cm³/mol. The molecule has 2 aliphatic heterocycles. The van der Waals surface area contributed by atoms with Gasteiger partial charge in [0.25, 0.3) is 0 Å². The van der Waals surface area contributed by atoms with Gasteiger partial charge in [0.1, 0.15) is 0 Å². The van der Waals surface area contributed by atoms with Crippen LogP contribution in [-0.4, -0.2) is 47.6 Å². The van der Waals surface area contributed by atoms with Crippen LogP contribution < -0.4 is 9.47 Å². The molecule has 1 aromatic rings. The Labute approximate surface area is 123 Å². The highest BCUT2D eigenvalue weighted by atomic mass is 32.2. The van der Waals surface area contributed by atoms with E-state index in [0.717, 1.165) is 24.6 Å². The lowest BCUT2D eigenvalue weighted by Gasteiger charge is -2.37. The normalized spacial score (nSPS) is 20.9. The van der Waals surface area contributed by atoms with E-state index in [1.807, 2.05) is 23.9 Å². The summed E-state index contributed by atoms with van der Waals surface area (Å²) in [5, 5.41) is 0. The number of thioether (sulfide) groups is 1. The van der Waals surface area contributed by atoms with E-state index in [1.54, 1.807) is 6.07 Å². The summed E-state index contributed by atoms with van der Waals surface area (Å²) in [4.78, 5) is 14.6. The number of fused-ring (bicyclic) bond motifs is 1. The number of carbonyl (C=O) groups is 1. The van der Waals surface area contributed by atoms with Gasteiger partial charge in [0.15, 0.2) is 17.3 Å². The molecule has 0 radical (unpaired) electrons. The van der Waals surface area contributed by atoms with Crippen molar-refractivity contribution in [1.82, 2.24) is 4.90 Å². The Balaban J connectivity index is 1.67. The van der Waals surface area contributed by atoms with Crippen molar-refractivity contribution in [2.45, 2.75) is 18.6 Å². The minimum atomic E-state index is 0.144. The number of carbonyl (C=O) groups excluding carboxylic acids is 1. The lowest BCUT2D eigenvalue weighted by Crippen LogP contribution is -2.45. The zero-order valence-corrected chi connectivity index (χ0v) is 12.7. The van der Waals surface area contributed by atoms with Crippen LogP contribution in [0, 0.1) is 0 Å². The molecular weight excluding hydrogens is 274 g/mol. The standard InChI is InChI=1S/C15H19NO3S/c1-15(2)9-16(5-6-20-15)8-12(17)11-3-4-13-14(7-11)19-10-18-13/h3-4,7H,5-6,8-10H2,1-2H3. The quantitative estimate of drug-likeness (QED) is 0.800. The third kappa shape index (κ3) is 2.94. The van der Waals surface area contributed by atoms with Crippen molar-refractivity contribution in [3.05, 3.63) is 23.8 Å². The molecule has 0 aliphatic carbocycles. The van der Waals surface area contributed by atoms with Crippen LogP contribution in [-0.2, 0) is 0 Å². The van der Waals surface area contributed by atoms with Crippen LogP contribution in [0.1, 0.15) is 24.2 Å². The van der Waals surface area contributed by atoms with Gasteiger partial charge in [-0.15, -0.1) is 0 Å². The van der Waals surface area contributed by atoms with Crippen LogP contribution in [0.25, 0.3) is 0 Å². The maximum absolute atomic E-state index is 12.4. The molecule has 2 aliphatic rings. The van der Waals surface area contributed by atoms with Crippen molar-refractivity contribution in [3.8, 4) is 11.5 Å². The molecule has 0 aromatic heterocycles. The molecule has 0 saturated carbocycles. The molecular formula is C15H19NO3S. The van der Waals surface area contributed by atoms with Crippen molar-refractivity contribution < 1.29 is 14.3 Å². The van der Waals surface area contributed by atoms with Crippen molar-refractivity contribution in [2.24, 2.45) is 0 Å². The van der Waals surface area contributed by atoms with Gasteiger partial charge in [0.05, 0.1) is 6.54 Å². The second-order valence-electron chi connectivity index (χ2n) is 5.81. The average Bonchev–Trinajstić information content (AvgIpc) is 2.84. The first-order valence-corrected chi connectivity index (χ1v) is 7.81. The fraction of sp³-hybridized carbons (Fsp3) is 0.533. The minimum Gasteiger partial charge on any atom is -0.454 e. The second-order valence-corrected chi connectivity index (χ2v) is 7.61. The molecule has 1 saturated heterocycles. The lowest BCUT2D eigenvalue weighted by atomic mass is 10.1. The van der Waals surface area contributed by atoms with Crippen LogP contribution in [0.4, 0.5) is 0 Å². The molecule has 0 unspecified atom stereocenters. The molecule has 108 valence electrons. The van der Waals surface area contributed by atoms with Crippen LogP contribution in [0.2, 0.25) is 0 Å². The molecule has 0 spiro atoms. The zero-order chi connectivity index (χ0) is 14.2. The SMILES string of the molecule is CC1(C)CN(CC(=O)c2ccc3c(c2)OCO3)CCS1. The lowest BCUT2D eigenvalue weighted by molar-refractivity contribution is 0.0927. The summed E-state index contributed by atoms with van der Waals surface area (Å²) >= 11 is 1.97. The van der Waals surface area contributed by atoms with E-state index in [1.165, 1.54) is 0 Å². The fourth-order valence-electron chi connectivity index (χ4n) is 2.61. The Bertz CT molecular complexity index is 530. The van der Waals surface area contributed by atoms with E-state index < -0.39 is 0 Å². The number of hydrogen-bond donors (Lipinski definition) is 0. The molecule has 0 bridgehead atoms. The van der Waals surface area contributed by atoms with Gasteiger partial charge in [-0.2, -0.15) is 11.8 Å². The summed E-state index contributed by atoms with van der Waals surface area (Å²) in [6, 6.07) is 5.42. The van der Waals surface area contributed by atoms with E-state index in [2.05, 4.69) is 18.7 Å². The monoisotopic (exact) mass is 293 g/mol. The molecule has 4 nitrogen and oxygen atoms in total. The van der Waals surface area contributed by atoms with Gasteiger partial charge in [-0.1, -0.05) is 0 Å². The summed E-state index contributed by atoms with van der Waals surface area (Å²) in [6.45, 7) is 7.11. The highest BCUT2D eigenvalue weighted by molar-refractivity contribution is 8.00. The largest absolute Gasteiger partial charge is 0.454 e. The summed E-state index contributed by atoms with van der Waals surface area (Å²) in [5.41, 5.74) is 0.699. The van der Waals surface area contributed by atoms with Crippen molar-refractivity contribution in [2.75, 3.05) is 32.2 Å². The van der Waals surface area contributed by atoms with Crippen molar-refractivity contribution in [1.29, 1.82) is 0 Å². The van der Waals surface area contributed by atoms with E-state index in [-0.39, 0.29) is 17.3 Å². The fourth-order valence-corrected chi connectivity index (χ4v) is 3.79. The van der Waals surface area contributed by atoms with Gasteiger partial charge in [-0.3, -0.25) is 9.69 Å². The highest BCUT2D eigenvalue weighted by Gasteiger charge is 2.28. The first-order chi connectivity index (χ1) is 9.53. The first kappa shape index (κ1) is 13.8. The smallest absolute Gasteiger partial charge is 0.231 e. The third-order valence-corrected chi connectivity index (χ3v) is 4.86. The van der Waals surface area contributed by atoms with E-state index in [4.69, 9.17) is 9.47 Å². The minimum absolute atomic E-state index is 0.144. The number of hydrogen-bond acceptors (Lipinski definition) is 5. The summed E-state index contributed by atoms with van der Waals surface area (Å²) in [7, 11) is 0. The Morgan fingerprint density at radius 1 is 1.35 bits per heavy atom. The molecule has 1 aromatic carbocycles. The molecule has 0 atom stereocenters. The van der Waals surface area contributed by atoms with E-state index in [0.29, 0.717) is 17.9 Å². The molecule has 20 heavy (non-hydrogen) atoms. The molecule has 5 heteroatoms. The molecule has 3 rings (SSSR count). The molecule has 0 amide bonds. The van der Waals surface area contributed by atoms with Crippen molar-refractivity contribution in [3.63, 3.8) is 0 Å². The maximum Gasteiger partial charge on any atom is 0.231 e. The molecule has 1 fully saturated rings. The molecule has 0 N–H and O–H groups in total. The second kappa shape index (κ2) is 5.30.